The lowest BCUT2D eigenvalue weighted by atomic mass is 9.94. The molecule has 0 spiro atoms. The number of halogens is 2. The Morgan fingerprint density at radius 1 is 0.917 bits per heavy atom. The molecule has 1 saturated carbocycles. The molecule has 8 heteroatoms. The SMILES string of the molecule is Cc1ccc(CN(Cc2ccccc2)C(=O)CN(C(=O)Nc2c(Cl)cccc2Cl)C2CCCCC2)s1. The number of hydrogen-bond acceptors (Lipinski definition) is 3. The van der Waals surface area contributed by atoms with Crippen LogP contribution in [0.1, 0.15) is 47.4 Å². The molecule has 1 aliphatic rings. The fraction of sp³-hybridized carbons (Fsp3) is 0.357. The highest BCUT2D eigenvalue weighted by molar-refractivity contribution is 7.11. The van der Waals surface area contributed by atoms with Gasteiger partial charge in [-0.1, -0.05) is 78.9 Å². The summed E-state index contributed by atoms with van der Waals surface area (Å²) in [5.41, 5.74) is 1.42. The van der Waals surface area contributed by atoms with Gasteiger partial charge in [0.2, 0.25) is 5.91 Å². The number of anilines is 1. The Kier molecular flexibility index (Phi) is 9.30. The number of carbonyl (C=O) groups is 2. The van der Waals surface area contributed by atoms with Crippen LogP contribution in [0.15, 0.2) is 60.7 Å². The van der Waals surface area contributed by atoms with Gasteiger partial charge in [-0.15, -0.1) is 11.3 Å². The Balaban J connectivity index is 1.56. The van der Waals surface area contributed by atoms with Crippen LogP contribution < -0.4 is 5.32 Å². The number of rotatable bonds is 8. The molecule has 5 nitrogen and oxygen atoms in total. The van der Waals surface area contributed by atoms with Crippen molar-refractivity contribution in [2.45, 2.75) is 58.2 Å². The topological polar surface area (TPSA) is 52.7 Å². The lowest BCUT2D eigenvalue weighted by Gasteiger charge is -2.35. The van der Waals surface area contributed by atoms with Crippen LogP contribution in [0.4, 0.5) is 10.5 Å². The van der Waals surface area contributed by atoms with Crippen molar-refractivity contribution in [1.29, 1.82) is 0 Å². The summed E-state index contributed by atoms with van der Waals surface area (Å²) in [7, 11) is 0. The number of amides is 3. The first kappa shape index (κ1) is 26.5. The summed E-state index contributed by atoms with van der Waals surface area (Å²) in [5, 5.41) is 3.61. The zero-order valence-electron chi connectivity index (χ0n) is 20.4. The summed E-state index contributed by atoms with van der Waals surface area (Å²) in [6.45, 7) is 3.04. The van der Waals surface area contributed by atoms with E-state index in [0.717, 1.165) is 42.5 Å². The number of hydrogen-bond donors (Lipinski definition) is 1. The zero-order chi connectivity index (χ0) is 25.5. The average Bonchev–Trinajstić information content (AvgIpc) is 3.29. The number of aryl methyl sites for hydroxylation is 1. The Morgan fingerprint density at radius 3 is 2.25 bits per heavy atom. The first-order valence-corrected chi connectivity index (χ1v) is 13.9. The monoisotopic (exact) mass is 543 g/mol. The quantitative estimate of drug-likeness (QED) is 0.315. The maximum Gasteiger partial charge on any atom is 0.322 e. The molecule has 1 aromatic heterocycles. The molecule has 3 amide bonds. The van der Waals surface area contributed by atoms with Crippen LogP contribution in [0.25, 0.3) is 0 Å². The molecule has 0 radical (unpaired) electrons. The second kappa shape index (κ2) is 12.6. The number of nitrogens with one attached hydrogen (secondary N) is 1. The van der Waals surface area contributed by atoms with Crippen molar-refractivity contribution in [3.63, 3.8) is 0 Å². The van der Waals surface area contributed by atoms with Gasteiger partial charge in [-0.05, 0) is 49.6 Å². The summed E-state index contributed by atoms with van der Waals surface area (Å²) >= 11 is 14.3. The van der Waals surface area contributed by atoms with Crippen LogP contribution in [0.5, 0.6) is 0 Å². The summed E-state index contributed by atoms with van der Waals surface area (Å²) < 4.78 is 0. The van der Waals surface area contributed by atoms with Gasteiger partial charge in [0.1, 0.15) is 6.54 Å². The van der Waals surface area contributed by atoms with Gasteiger partial charge in [0.05, 0.1) is 22.3 Å². The van der Waals surface area contributed by atoms with E-state index in [1.54, 1.807) is 34.4 Å². The number of thiophene rings is 1. The Bertz CT molecular complexity index is 1160. The Hall–Kier alpha value is -2.54. The fourth-order valence-corrected chi connectivity index (χ4v) is 5.99. The molecule has 0 saturated heterocycles. The van der Waals surface area contributed by atoms with Crippen molar-refractivity contribution in [2.24, 2.45) is 0 Å². The molecule has 2 aromatic carbocycles. The minimum atomic E-state index is -0.350. The smallest absolute Gasteiger partial charge is 0.322 e. The number of carbonyl (C=O) groups excluding carboxylic acids is 2. The Labute approximate surface area is 227 Å². The van der Waals surface area contributed by atoms with Gasteiger partial charge >= 0.3 is 6.03 Å². The van der Waals surface area contributed by atoms with E-state index < -0.39 is 0 Å². The molecular formula is C28H31Cl2N3O2S. The van der Waals surface area contributed by atoms with E-state index in [1.165, 1.54) is 4.88 Å². The summed E-state index contributed by atoms with van der Waals surface area (Å²) in [6, 6.07) is 18.8. The van der Waals surface area contributed by atoms with E-state index >= 15 is 0 Å². The number of urea groups is 1. The van der Waals surface area contributed by atoms with Crippen LogP contribution >= 0.6 is 34.5 Å². The molecule has 1 fully saturated rings. The fourth-order valence-electron chi connectivity index (χ4n) is 4.60. The van der Waals surface area contributed by atoms with Crippen LogP contribution in [-0.2, 0) is 17.9 Å². The van der Waals surface area contributed by atoms with Crippen molar-refractivity contribution in [1.82, 2.24) is 9.80 Å². The van der Waals surface area contributed by atoms with Gasteiger partial charge in [-0.25, -0.2) is 4.79 Å². The summed E-state index contributed by atoms with van der Waals surface area (Å²) in [5.74, 6) is -0.0871. The van der Waals surface area contributed by atoms with Crippen molar-refractivity contribution in [2.75, 3.05) is 11.9 Å². The molecule has 1 N–H and O–H groups in total. The summed E-state index contributed by atoms with van der Waals surface area (Å²) in [4.78, 5) is 33.1. The number of para-hydroxylation sites is 1. The predicted molar refractivity (Wildman–Crippen MR) is 149 cm³/mol. The van der Waals surface area contributed by atoms with Crippen LogP contribution in [0.2, 0.25) is 10.0 Å². The van der Waals surface area contributed by atoms with Crippen molar-refractivity contribution >= 4 is 52.2 Å². The van der Waals surface area contributed by atoms with Gasteiger partial charge in [-0.3, -0.25) is 4.79 Å². The first-order chi connectivity index (χ1) is 17.4. The summed E-state index contributed by atoms with van der Waals surface area (Å²) in [6.07, 6.45) is 4.98. The minimum Gasteiger partial charge on any atom is -0.332 e. The molecule has 36 heavy (non-hydrogen) atoms. The maximum atomic E-state index is 13.8. The van der Waals surface area contributed by atoms with E-state index in [0.29, 0.717) is 28.8 Å². The molecule has 190 valence electrons. The van der Waals surface area contributed by atoms with Gasteiger partial charge in [0, 0.05) is 22.3 Å². The average molecular weight is 545 g/mol. The molecule has 4 rings (SSSR count). The van der Waals surface area contributed by atoms with E-state index in [2.05, 4.69) is 24.4 Å². The van der Waals surface area contributed by atoms with Gasteiger partial charge in [0.15, 0.2) is 0 Å². The standard InChI is InChI=1S/C28H31Cl2N3O2S/c1-20-15-16-23(36-20)18-32(17-21-9-4-2-5-10-21)26(34)19-33(22-11-6-3-7-12-22)28(35)31-27-24(29)13-8-14-25(27)30/h2,4-5,8-10,13-16,22H,3,6-7,11-12,17-19H2,1H3,(H,31,35). The third-order valence-corrected chi connectivity index (χ3v) is 8.10. The van der Waals surface area contributed by atoms with Crippen LogP contribution in [-0.4, -0.2) is 34.3 Å². The highest BCUT2D eigenvalue weighted by Crippen LogP contribution is 2.31. The van der Waals surface area contributed by atoms with Crippen molar-refractivity contribution in [3.05, 3.63) is 86.0 Å². The van der Waals surface area contributed by atoms with Crippen molar-refractivity contribution < 1.29 is 9.59 Å². The third-order valence-electron chi connectivity index (χ3n) is 6.49. The highest BCUT2D eigenvalue weighted by Gasteiger charge is 2.30. The van der Waals surface area contributed by atoms with E-state index in [-0.39, 0.29) is 24.5 Å². The highest BCUT2D eigenvalue weighted by atomic mass is 35.5. The largest absolute Gasteiger partial charge is 0.332 e. The molecule has 3 aromatic rings. The molecular weight excluding hydrogens is 513 g/mol. The van der Waals surface area contributed by atoms with E-state index in [4.69, 9.17) is 23.2 Å². The zero-order valence-corrected chi connectivity index (χ0v) is 22.7. The maximum absolute atomic E-state index is 13.8. The third kappa shape index (κ3) is 7.02. The predicted octanol–water partition coefficient (Wildman–Crippen LogP) is 7.76. The van der Waals surface area contributed by atoms with E-state index in [1.807, 2.05) is 35.2 Å². The Morgan fingerprint density at radius 2 is 1.61 bits per heavy atom. The molecule has 1 aliphatic carbocycles. The molecule has 1 heterocycles. The van der Waals surface area contributed by atoms with Crippen molar-refractivity contribution in [3.8, 4) is 0 Å². The lowest BCUT2D eigenvalue weighted by Crippen LogP contribution is -2.49. The molecule has 0 atom stereocenters. The minimum absolute atomic E-state index is 0.00420. The second-order valence-corrected chi connectivity index (χ2v) is 11.4. The number of nitrogens with zero attached hydrogens (tertiary/aromatic N) is 2. The number of benzene rings is 2. The van der Waals surface area contributed by atoms with Gasteiger partial charge in [-0.2, -0.15) is 0 Å². The molecule has 0 bridgehead atoms. The second-order valence-electron chi connectivity index (χ2n) is 9.19. The normalized spacial score (nSPS) is 13.9. The van der Waals surface area contributed by atoms with E-state index in [9.17, 15) is 9.59 Å². The van der Waals surface area contributed by atoms with Gasteiger partial charge < -0.3 is 15.1 Å². The van der Waals surface area contributed by atoms with Crippen LogP contribution in [0.3, 0.4) is 0 Å². The van der Waals surface area contributed by atoms with Gasteiger partial charge in [0.25, 0.3) is 0 Å². The first-order valence-electron chi connectivity index (χ1n) is 12.3. The molecule has 0 unspecified atom stereocenters. The molecule has 0 aliphatic heterocycles. The lowest BCUT2D eigenvalue weighted by molar-refractivity contribution is -0.133. The van der Waals surface area contributed by atoms with Crippen LogP contribution in [0, 0.1) is 6.92 Å².